The average Bonchev–Trinajstić information content (AvgIpc) is 2.95. The van der Waals surface area contributed by atoms with Crippen molar-refractivity contribution < 1.29 is 35.0 Å². The average molecular weight is 387 g/mol. The predicted molar refractivity (Wildman–Crippen MR) is 51.1 cm³/mol. The van der Waals surface area contributed by atoms with E-state index in [0.29, 0.717) is 0 Å². The van der Waals surface area contributed by atoms with Crippen LogP contribution in [0.3, 0.4) is 0 Å². The van der Waals surface area contributed by atoms with Crippen LogP contribution in [0, 0.1) is 64.2 Å². The van der Waals surface area contributed by atoms with Crippen LogP contribution < -0.4 is 0 Å². The van der Waals surface area contributed by atoms with Gasteiger partial charge in [-0.25, -0.2) is 0 Å². The fraction of sp³-hybridized carbons (Fsp3) is 0.167. The molecular weight excluding hydrogens is 376 g/mol. The second-order valence-corrected chi connectivity index (χ2v) is 1.46. The van der Waals surface area contributed by atoms with Gasteiger partial charge in [0.15, 0.2) is 0 Å². The van der Waals surface area contributed by atoms with E-state index < -0.39 is 0 Å². The minimum Gasteiger partial charge on any atom is -0.0312 e. The van der Waals surface area contributed by atoms with Gasteiger partial charge in [0.1, 0.15) is 0 Å². The van der Waals surface area contributed by atoms with Gasteiger partial charge in [0.2, 0.25) is 0 Å². The van der Waals surface area contributed by atoms with Gasteiger partial charge in [-0.05, 0) is 58.1 Å². The summed E-state index contributed by atoms with van der Waals surface area (Å²) in [4.78, 5) is 0. The maximum atomic E-state index is 7.50. The number of allylic oxidation sites excluding steroid dienone is 2. The number of hydrogen-bond donors (Lipinski definition) is 0. The summed E-state index contributed by atoms with van der Waals surface area (Å²) in [6.07, 6.45) is 15.4. The van der Waals surface area contributed by atoms with Crippen molar-refractivity contribution in [3.05, 3.63) is 64.2 Å². The Balaban J connectivity index is -0.0000000337. The first kappa shape index (κ1) is 29.6. The molecule has 0 aromatic heterocycles. The molecule has 1 fully saturated rings. The molecular formula is C12H11O3W. The topological polar surface area (TPSA) is 59.7 Å². The summed E-state index contributed by atoms with van der Waals surface area (Å²) in [7, 11) is 0. The Morgan fingerprint density at radius 2 is 0.750 bits per heavy atom. The summed E-state index contributed by atoms with van der Waals surface area (Å²) < 4.78 is 22.5. The summed E-state index contributed by atoms with van der Waals surface area (Å²) in [6.45, 7) is 17.1. The van der Waals surface area contributed by atoms with Crippen molar-refractivity contribution in [2.75, 3.05) is 0 Å². The van der Waals surface area contributed by atoms with Crippen LogP contribution in [0.4, 0.5) is 0 Å². The predicted octanol–water partition coefficient (Wildman–Crippen LogP) is 2.10. The van der Waals surface area contributed by atoms with Crippen LogP contribution in [-0.2, 0) is 35.0 Å². The molecule has 0 atom stereocenters. The Morgan fingerprint density at radius 3 is 0.812 bits per heavy atom. The molecule has 0 heterocycles. The molecule has 16 heavy (non-hydrogen) atoms. The van der Waals surface area contributed by atoms with Gasteiger partial charge < -0.3 is 0 Å². The number of hydrogen-bond acceptors (Lipinski definition) is 0. The Labute approximate surface area is 113 Å². The molecule has 3 nitrogen and oxygen atoms in total. The van der Waals surface area contributed by atoms with Gasteiger partial charge in [0.05, 0.1) is 0 Å². The normalized spacial score (nSPS) is 10.2. The first-order chi connectivity index (χ1) is 7.41. The van der Waals surface area contributed by atoms with Gasteiger partial charge in [-0.15, -0.1) is 0 Å². The maximum Gasteiger partial charge on any atom is 0 e. The van der Waals surface area contributed by atoms with Gasteiger partial charge in [-0.2, -0.15) is 0 Å². The molecule has 0 unspecified atom stereocenters. The SMILES string of the molecule is C[C]=[C]C.[C-]#[O+].[C-]#[O+].[C-]#[O+].[CH]1[CH][CH][CH][CH]1.[W]. The first-order valence-electron chi connectivity index (χ1n) is 3.53. The Kier molecular flexibility index (Phi) is 114. The van der Waals surface area contributed by atoms with Crippen LogP contribution in [0.1, 0.15) is 13.8 Å². The van der Waals surface area contributed by atoms with E-state index in [2.05, 4.69) is 32.1 Å². The first-order valence-corrected chi connectivity index (χ1v) is 3.53. The van der Waals surface area contributed by atoms with E-state index in [1.807, 2.05) is 46.0 Å². The fourth-order valence-corrected chi connectivity index (χ4v) is 0.321. The quantitative estimate of drug-likeness (QED) is 0.452. The van der Waals surface area contributed by atoms with Crippen molar-refractivity contribution in [3.8, 4) is 0 Å². The van der Waals surface area contributed by atoms with Crippen molar-refractivity contribution in [2.45, 2.75) is 13.8 Å². The molecule has 0 amide bonds. The van der Waals surface area contributed by atoms with Crippen molar-refractivity contribution in [2.24, 2.45) is 0 Å². The van der Waals surface area contributed by atoms with Gasteiger partial charge in [-0.1, -0.05) is 0 Å². The van der Waals surface area contributed by atoms with Crippen LogP contribution in [0.15, 0.2) is 0 Å². The molecule has 0 aromatic rings. The van der Waals surface area contributed by atoms with Crippen LogP contribution in [0.5, 0.6) is 0 Å². The molecule has 0 N–H and O–H groups in total. The zero-order chi connectivity index (χ0) is 12.9. The van der Waals surface area contributed by atoms with E-state index in [1.54, 1.807) is 0 Å². The van der Waals surface area contributed by atoms with Crippen molar-refractivity contribution in [3.63, 3.8) is 0 Å². The second kappa shape index (κ2) is 61.7. The molecule has 0 bridgehead atoms. The van der Waals surface area contributed by atoms with Crippen molar-refractivity contribution in [1.82, 2.24) is 0 Å². The van der Waals surface area contributed by atoms with E-state index >= 15 is 0 Å². The molecule has 1 rings (SSSR count). The maximum absolute atomic E-state index is 7.50. The van der Waals surface area contributed by atoms with Gasteiger partial charge >= 0.3 is 33.9 Å². The molecule has 7 radical (unpaired) electrons. The number of rotatable bonds is 0. The molecule has 4 heteroatoms. The minimum atomic E-state index is 0. The third kappa shape index (κ3) is 68.4. The Morgan fingerprint density at radius 1 is 0.625 bits per heavy atom. The molecule has 0 saturated heterocycles. The summed E-state index contributed by atoms with van der Waals surface area (Å²) in [5.41, 5.74) is 0. The van der Waals surface area contributed by atoms with Crippen LogP contribution >= 0.6 is 0 Å². The monoisotopic (exact) mass is 387 g/mol. The molecule has 0 spiro atoms. The van der Waals surface area contributed by atoms with Crippen molar-refractivity contribution >= 4 is 0 Å². The molecule has 83 valence electrons. The van der Waals surface area contributed by atoms with Crippen molar-refractivity contribution in [1.29, 1.82) is 0 Å². The fourth-order valence-electron chi connectivity index (χ4n) is 0.321. The summed E-state index contributed by atoms with van der Waals surface area (Å²) >= 11 is 0. The zero-order valence-electron chi connectivity index (χ0n) is 9.02. The van der Waals surface area contributed by atoms with E-state index in [4.69, 9.17) is 14.0 Å². The van der Waals surface area contributed by atoms with E-state index in [-0.39, 0.29) is 21.1 Å². The van der Waals surface area contributed by atoms with Crippen LogP contribution in [0.25, 0.3) is 0 Å². The standard InChI is InChI=1S/C5H5.C4H6.3CO.W/c1-2-4-5-3-1;1-3-4-2;3*1-2;/h1-5H;1-2H3;;;;. The molecule has 1 aliphatic rings. The summed E-state index contributed by atoms with van der Waals surface area (Å²) in [6, 6.07) is 0. The van der Waals surface area contributed by atoms with E-state index in [9.17, 15) is 0 Å². The third-order valence-electron chi connectivity index (χ3n) is 0.806. The van der Waals surface area contributed by atoms with Crippen LogP contribution in [0.2, 0.25) is 0 Å². The molecule has 0 aliphatic heterocycles. The molecule has 1 aliphatic carbocycles. The van der Waals surface area contributed by atoms with Crippen LogP contribution in [-0.4, -0.2) is 0 Å². The van der Waals surface area contributed by atoms with Gasteiger partial charge in [-0.3, -0.25) is 0 Å². The summed E-state index contributed by atoms with van der Waals surface area (Å²) in [5.74, 6) is 0. The van der Waals surface area contributed by atoms with Gasteiger partial charge in [0, 0.05) is 21.1 Å². The largest absolute Gasteiger partial charge is 0.0312 e. The Hall–Kier alpha value is -0.352. The molecule has 0 aromatic carbocycles. The van der Waals surface area contributed by atoms with Gasteiger partial charge in [0.25, 0.3) is 0 Å². The Bertz CT molecular complexity index is 130. The zero-order valence-corrected chi connectivity index (χ0v) is 12.0. The second-order valence-electron chi connectivity index (χ2n) is 1.46. The van der Waals surface area contributed by atoms with E-state index in [0.717, 1.165) is 0 Å². The third-order valence-corrected chi connectivity index (χ3v) is 0.806. The van der Waals surface area contributed by atoms with E-state index in [1.165, 1.54) is 0 Å². The molecule has 1 saturated carbocycles. The minimum absolute atomic E-state index is 0. The summed E-state index contributed by atoms with van der Waals surface area (Å²) in [5, 5.41) is 0. The smallest absolute Gasteiger partial charge is 0 e.